The van der Waals surface area contributed by atoms with E-state index in [1.165, 1.54) is 0 Å². The zero-order chi connectivity index (χ0) is 19.0. The number of nitrogens with zero attached hydrogens (tertiary/aromatic N) is 1. The first-order chi connectivity index (χ1) is 13.1. The molecule has 0 spiro atoms. The molecule has 0 fully saturated rings. The molecule has 1 aliphatic carbocycles. The van der Waals surface area contributed by atoms with Crippen LogP contribution in [0.5, 0.6) is 0 Å². The molecular formula is C22H22ClNO3. The lowest BCUT2D eigenvalue weighted by Crippen LogP contribution is -2.47. The normalized spacial score (nSPS) is 24.1. The summed E-state index contributed by atoms with van der Waals surface area (Å²) in [5.74, 6) is 0.671. The summed E-state index contributed by atoms with van der Waals surface area (Å²) in [5, 5.41) is 10.6. The predicted octanol–water partition coefficient (Wildman–Crippen LogP) is 4.46. The third-order valence-corrected chi connectivity index (χ3v) is 5.42. The number of carbonyl (C=O) groups excluding carboxylic acids is 1. The molecule has 5 heteroatoms. The van der Waals surface area contributed by atoms with Crippen LogP contribution in [-0.2, 0) is 10.5 Å². The maximum atomic E-state index is 13.2. The molecule has 0 radical (unpaired) electrons. The number of hydrogen-bond acceptors (Lipinski definition) is 3. The maximum absolute atomic E-state index is 13.2. The molecule has 140 valence electrons. The minimum absolute atomic E-state index is 0.0402. The van der Waals surface area contributed by atoms with Crippen LogP contribution < -0.4 is 0 Å². The topological polar surface area (TPSA) is 49.8 Å². The highest BCUT2D eigenvalue weighted by molar-refractivity contribution is 6.30. The Labute approximate surface area is 164 Å². The molecule has 0 bridgehead atoms. The number of benzene rings is 2. The lowest BCUT2D eigenvalue weighted by atomic mass is 9.93. The van der Waals surface area contributed by atoms with E-state index >= 15 is 0 Å². The van der Waals surface area contributed by atoms with Crippen LogP contribution in [0.3, 0.4) is 0 Å². The second kappa shape index (κ2) is 7.02. The molecule has 2 atom stereocenters. The van der Waals surface area contributed by atoms with Crippen molar-refractivity contribution in [3.8, 4) is 0 Å². The summed E-state index contributed by atoms with van der Waals surface area (Å²) in [4.78, 5) is 15.0. The van der Waals surface area contributed by atoms with Gasteiger partial charge in [0.2, 0.25) is 5.72 Å². The number of hydrogen-bond donors (Lipinski definition) is 1. The molecule has 2 unspecified atom stereocenters. The van der Waals surface area contributed by atoms with E-state index in [1.54, 1.807) is 4.90 Å². The number of rotatable bonds is 5. The Morgan fingerprint density at radius 2 is 1.96 bits per heavy atom. The van der Waals surface area contributed by atoms with Gasteiger partial charge in [0.05, 0.1) is 11.9 Å². The van der Waals surface area contributed by atoms with E-state index in [2.05, 4.69) is 0 Å². The number of aliphatic hydroxyl groups excluding tert-OH is 1. The standard InChI is InChI=1S/C22H22ClNO3/c1-2-13-24-21(26)19-5-3-4-6-20(19)22(24,15-7-9-16(23)10-8-15)27-18-12-11-17(25)14-18/h3-10,12,17,25H,2,11,13-14H2,1H3. The van der Waals surface area contributed by atoms with Gasteiger partial charge in [-0.1, -0.05) is 48.9 Å². The fraction of sp³-hybridized carbons (Fsp3) is 0.318. The first-order valence-electron chi connectivity index (χ1n) is 9.30. The van der Waals surface area contributed by atoms with Crippen molar-refractivity contribution in [2.45, 2.75) is 38.0 Å². The average molecular weight is 384 g/mol. The zero-order valence-corrected chi connectivity index (χ0v) is 15.9. The van der Waals surface area contributed by atoms with Crippen LogP contribution >= 0.6 is 11.6 Å². The number of aliphatic hydroxyl groups is 1. The van der Waals surface area contributed by atoms with E-state index in [0.717, 1.165) is 17.5 Å². The predicted molar refractivity (Wildman–Crippen MR) is 104 cm³/mol. The molecule has 4 nitrogen and oxygen atoms in total. The van der Waals surface area contributed by atoms with Crippen molar-refractivity contribution in [2.24, 2.45) is 0 Å². The molecule has 2 aromatic rings. The molecule has 0 aromatic heterocycles. The Hall–Kier alpha value is -2.30. The molecule has 1 heterocycles. The monoisotopic (exact) mass is 383 g/mol. The summed E-state index contributed by atoms with van der Waals surface area (Å²) < 4.78 is 6.58. The number of ether oxygens (including phenoxy) is 1. The molecular weight excluding hydrogens is 362 g/mol. The largest absolute Gasteiger partial charge is 0.464 e. The summed E-state index contributed by atoms with van der Waals surface area (Å²) in [7, 11) is 0. The van der Waals surface area contributed by atoms with E-state index in [-0.39, 0.29) is 5.91 Å². The SMILES string of the molecule is CCCN1C(=O)c2ccccc2C1(OC1=CCC(O)C1)c1ccc(Cl)cc1. The summed E-state index contributed by atoms with van der Waals surface area (Å²) in [6, 6.07) is 15.0. The maximum Gasteiger partial charge on any atom is 0.257 e. The van der Waals surface area contributed by atoms with Crippen molar-refractivity contribution >= 4 is 17.5 Å². The molecule has 1 aliphatic heterocycles. The summed E-state index contributed by atoms with van der Waals surface area (Å²) >= 11 is 6.11. The molecule has 1 N–H and O–H groups in total. The summed E-state index contributed by atoms with van der Waals surface area (Å²) in [6.07, 6.45) is 3.30. The van der Waals surface area contributed by atoms with Crippen molar-refractivity contribution in [3.05, 3.63) is 82.1 Å². The van der Waals surface area contributed by atoms with Crippen molar-refractivity contribution in [1.29, 1.82) is 0 Å². The third kappa shape index (κ3) is 2.93. The lowest BCUT2D eigenvalue weighted by molar-refractivity contribution is -0.0772. The van der Waals surface area contributed by atoms with Gasteiger partial charge in [0.25, 0.3) is 5.91 Å². The Morgan fingerprint density at radius 3 is 2.63 bits per heavy atom. The zero-order valence-electron chi connectivity index (χ0n) is 15.2. The minimum Gasteiger partial charge on any atom is -0.464 e. The van der Waals surface area contributed by atoms with Gasteiger partial charge >= 0.3 is 0 Å². The van der Waals surface area contributed by atoms with Gasteiger partial charge in [-0.05, 0) is 37.1 Å². The Kier molecular flexibility index (Phi) is 4.70. The number of carbonyl (C=O) groups is 1. The Bertz CT molecular complexity index is 893. The van der Waals surface area contributed by atoms with Crippen LogP contribution in [0.15, 0.2) is 60.4 Å². The van der Waals surface area contributed by atoms with Crippen molar-refractivity contribution in [3.63, 3.8) is 0 Å². The van der Waals surface area contributed by atoms with Gasteiger partial charge in [-0.3, -0.25) is 9.69 Å². The Morgan fingerprint density at radius 1 is 1.22 bits per heavy atom. The van der Waals surface area contributed by atoms with Crippen molar-refractivity contribution < 1.29 is 14.6 Å². The summed E-state index contributed by atoms with van der Waals surface area (Å²) in [6.45, 7) is 2.60. The highest BCUT2D eigenvalue weighted by Crippen LogP contribution is 2.47. The molecule has 27 heavy (non-hydrogen) atoms. The minimum atomic E-state index is -1.05. The summed E-state index contributed by atoms with van der Waals surface area (Å²) in [5.41, 5.74) is 1.28. The lowest BCUT2D eigenvalue weighted by Gasteiger charge is -2.40. The van der Waals surface area contributed by atoms with Gasteiger partial charge < -0.3 is 9.84 Å². The van der Waals surface area contributed by atoms with Crippen LogP contribution in [0.2, 0.25) is 5.02 Å². The van der Waals surface area contributed by atoms with Gasteiger partial charge in [0.15, 0.2) is 0 Å². The van der Waals surface area contributed by atoms with Crippen LogP contribution in [0.1, 0.15) is 47.7 Å². The highest BCUT2D eigenvalue weighted by Gasteiger charge is 2.53. The van der Waals surface area contributed by atoms with Gasteiger partial charge in [0.1, 0.15) is 0 Å². The van der Waals surface area contributed by atoms with Crippen LogP contribution in [-0.4, -0.2) is 28.6 Å². The molecule has 4 rings (SSSR count). The number of halogens is 1. The van der Waals surface area contributed by atoms with E-state index in [4.69, 9.17) is 16.3 Å². The van der Waals surface area contributed by atoms with Gasteiger partial charge in [0, 0.05) is 34.7 Å². The smallest absolute Gasteiger partial charge is 0.257 e. The van der Waals surface area contributed by atoms with Crippen LogP contribution in [0.4, 0.5) is 0 Å². The van der Waals surface area contributed by atoms with Crippen LogP contribution in [0, 0.1) is 0 Å². The van der Waals surface area contributed by atoms with E-state index in [9.17, 15) is 9.90 Å². The fourth-order valence-electron chi connectivity index (χ4n) is 3.98. The first-order valence-corrected chi connectivity index (χ1v) is 9.67. The van der Waals surface area contributed by atoms with Gasteiger partial charge in [-0.15, -0.1) is 0 Å². The van der Waals surface area contributed by atoms with Crippen molar-refractivity contribution in [1.82, 2.24) is 4.90 Å². The first kappa shape index (κ1) is 18.1. The highest BCUT2D eigenvalue weighted by atomic mass is 35.5. The van der Waals surface area contributed by atoms with Gasteiger partial charge in [-0.25, -0.2) is 0 Å². The quantitative estimate of drug-likeness (QED) is 0.829. The second-order valence-corrected chi connectivity index (χ2v) is 7.46. The average Bonchev–Trinajstić information content (AvgIpc) is 3.18. The molecule has 1 amide bonds. The van der Waals surface area contributed by atoms with Gasteiger partial charge in [-0.2, -0.15) is 0 Å². The number of fused-ring (bicyclic) bond motifs is 1. The molecule has 2 aliphatic rings. The molecule has 0 saturated heterocycles. The fourth-order valence-corrected chi connectivity index (χ4v) is 4.10. The second-order valence-electron chi connectivity index (χ2n) is 7.02. The van der Waals surface area contributed by atoms with E-state index in [1.807, 2.05) is 61.5 Å². The Balaban J connectivity index is 1.92. The van der Waals surface area contributed by atoms with E-state index < -0.39 is 11.8 Å². The van der Waals surface area contributed by atoms with Crippen molar-refractivity contribution in [2.75, 3.05) is 6.54 Å². The van der Waals surface area contributed by atoms with E-state index in [0.29, 0.717) is 35.7 Å². The molecule has 0 saturated carbocycles. The van der Waals surface area contributed by atoms with Crippen LogP contribution in [0.25, 0.3) is 0 Å². The number of amides is 1. The third-order valence-electron chi connectivity index (χ3n) is 5.16. The molecule has 2 aromatic carbocycles.